The second-order valence-corrected chi connectivity index (χ2v) is 8.29. The predicted molar refractivity (Wildman–Crippen MR) is 146 cm³/mol. The van der Waals surface area contributed by atoms with Crippen molar-refractivity contribution in [3.8, 4) is 11.5 Å². The SMILES string of the molecule is CC1=NCCN=C(C)c2cc(OCCN)cc(n2)C(C)=NCCN=C(C)c2cc(OCCN)cc1n2. The van der Waals surface area contributed by atoms with Crippen molar-refractivity contribution in [2.24, 2.45) is 31.4 Å². The summed E-state index contributed by atoms with van der Waals surface area (Å²) in [5.74, 6) is 1.39. The average Bonchev–Trinajstić information content (AvgIpc) is 2.89. The van der Waals surface area contributed by atoms with Gasteiger partial charge in [0.25, 0.3) is 0 Å². The minimum absolute atomic E-state index is 0.421. The zero-order valence-corrected chi connectivity index (χ0v) is 21.6. The van der Waals surface area contributed by atoms with Gasteiger partial charge in [0.05, 0.1) is 71.8 Å². The third-order valence-corrected chi connectivity index (χ3v) is 5.45. The number of hydrogen-bond acceptors (Lipinski definition) is 10. The number of nitrogens with zero attached hydrogens (tertiary/aromatic N) is 6. The minimum Gasteiger partial charge on any atom is -0.492 e. The molecule has 0 fully saturated rings. The van der Waals surface area contributed by atoms with Crippen molar-refractivity contribution in [1.29, 1.82) is 0 Å². The fraction of sp³-hybridized carbons (Fsp3) is 0.462. The van der Waals surface area contributed by atoms with Gasteiger partial charge in [-0.05, 0) is 27.7 Å². The molecule has 0 unspecified atom stereocenters. The van der Waals surface area contributed by atoms with Crippen molar-refractivity contribution >= 4 is 22.8 Å². The lowest BCUT2D eigenvalue weighted by Gasteiger charge is -2.11. The molecule has 0 saturated carbocycles. The second kappa shape index (κ2) is 13.6. The minimum atomic E-state index is 0.421. The highest BCUT2D eigenvalue weighted by Crippen LogP contribution is 2.18. The molecule has 1 aliphatic heterocycles. The van der Waals surface area contributed by atoms with E-state index in [1.54, 1.807) is 0 Å². The Balaban J connectivity index is 1.99. The largest absolute Gasteiger partial charge is 0.492 e. The zero-order chi connectivity index (χ0) is 25.9. The molecule has 0 aliphatic carbocycles. The molecule has 10 heteroatoms. The maximum Gasteiger partial charge on any atom is 0.123 e. The van der Waals surface area contributed by atoms with Gasteiger partial charge in [0.1, 0.15) is 24.7 Å². The van der Waals surface area contributed by atoms with Gasteiger partial charge in [-0.2, -0.15) is 0 Å². The van der Waals surface area contributed by atoms with E-state index in [0.717, 1.165) is 45.6 Å². The Hall–Kier alpha value is -3.50. The number of rotatable bonds is 6. The van der Waals surface area contributed by atoms with Gasteiger partial charge in [-0.15, -0.1) is 0 Å². The molecule has 0 amide bonds. The second-order valence-electron chi connectivity index (χ2n) is 8.29. The molecule has 0 atom stereocenters. The van der Waals surface area contributed by atoms with Gasteiger partial charge in [-0.1, -0.05) is 0 Å². The first-order chi connectivity index (χ1) is 17.4. The number of pyridine rings is 2. The molecule has 10 nitrogen and oxygen atoms in total. The van der Waals surface area contributed by atoms with Gasteiger partial charge in [-0.3, -0.25) is 20.0 Å². The number of nitrogens with two attached hydrogens (primary N) is 2. The fourth-order valence-corrected chi connectivity index (χ4v) is 3.47. The summed E-state index contributed by atoms with van der Waals surface area (Å²) in [5.41, 5.74) is 17.4. The molecule has 4 bridgehead atoms. The highest BCUT2D eigenvalue weighted by Gasteiger charge is 2.11. The van der Waals surface area contributed by atoms with Crippen LogP contribution in [0.15, 0.2) is 44.2 Å². The van der Waals surface area contributed by atoms with E-state index in [4.69, 9.17) is 50.9 Å². The van der Waals surface area contributed by atoms with E-state index in [-0.39, 0.29) is 0 Å². The van der Waals surface area contributed by atoms with Crippen LogP contribution in [0.25, 0.3) is 0 Å². The summed E-state index contributed by atoms with van der Waals surface area (Å²) in [6.45, 7) is 11.5. The van der Waals surface area contributed by atoms with Crippen LogP contribution in [0.2, 0.25) is 0 Å². The summed E-state index contributed by atoms with van der Waals surface area (Å²) >= 11 is 0. The number of aliphatic imine (C=N–C) groups is 4. The highest BCUT2D eigenvalue weighted by atomic mass is 16.5. The van der Waals surface area contributed by atoms with Crippen LogP contribution >= 0.6 is 0 Å². The Morgan fingerprint density at radius 3 is 1.08 bits per heavy atom. The first kappa shape index (κ1) is 27.1. The molecule has 3 heterocycles. The Morgan fingerprint density at radius 2 is 0.833 bits per heavy atom. The van der Waals surface area contributed by atoms with Crippen LogP contribution in [0.1, 0.15) is 50.5 Å². The molecule has 3 rings (SSSR count). The van der Waals surface area contributed by atoms with Crippen LogP contribution in [0, 0.1) is 0 Å². The van der Waals surface area contributed by atoms with Gasteiger partial charge in [0, 0.05) is 37.4 Å². The van der Waals surface area contributed by atoms with Crippen LogP contribution < -0.4 is 20.9 Å². The van der Waals surface area contributed by atoms with E-state index in [9.17, 15) is 0 Å². The van der Waals surface area contributed by atoms with E-state index in [2.05, 4.69) is 0 Å². The summed E-state index contributed by atoms with van der Waals surface area (Å²) in [6.07, 6.45) is 0. The first-order valence-corrected chi connectivity index (χ1v) is 12.2. The zero-order valence-electron chi connectivity index (χ0n) is 21.6. The quantitative estimate of drug-likeness (QED) is 0.631. The van der Waals surface area contributed by atoms with Crippen LogP contribution in [0.3, 0.4) is 0 Å². The van der Waals surface area contributed by atoms with Gasteiger partial charge >= 0.3 is 0 Å². The van der Waals surface area contributed by atoms with Crippen molar-refractivity contribution in [3.05, 3.63) is 47.0 Å². The Kier molecular flexibility index (Phi) is 10.2. The van der Waals surface area contributed by atoms with Crippen LogP contribution in [0.4, 0.5) is 0 Å². The standard InChI is InChI=1S/C26H36N8O2/c1-17-23-13-21(35-11-5-27)14-24(33-23)18(2)31-9-10-32-20(4)26-16-22(36-12-6-28)15-25(34-26)19(3)30-8-7-29-17/h13-16H,5-12,27-28H2,1-4H3. The smallest absolute Gasteiger partial charge is 0.123 e. The maximum atomic E-state index is 5.79. The molecular formula is C26H36N8O2. The molecule has 0 radical (unpaired) electrons. The monoisotopic (exact) mass is 492 g/mol. The third kappa shape index (κ3) is 7.76. The van der Waals surface area contributed by atoms with Crippen LogP contribution in [0.5, 0.6) is 11.5 Å². The molecule has 2 aromatic rings. The molecule has 0 aromatic carbocycles. The maximum absolute atomic E-state index is 5.79. The van der Waals surface area contributed by atoms with Crippen molar-refractivity contribution in [1.82, 2.24) is 9.97 Å². The van der Waals surface area contributed by atoms with Gasteiger partial charge in [0.2, 0.25) is 0 Å². The first-order valence-electron chi connectivity index (χ1n) is 12.2. The van der Waals surface area contributed by atoms with Crippen molar-refractivity contribution in [2.45, 2.75) is 27.7 Å². The molecule has 36 heavy (non-hydrogen) atoms. The van der Waals surface area contributed by atoms with Crippen molar-refractivity contribution in [3.63, 3.8) is 0 Å². The Labute approximate surface area is 212 Å². The van der Waals surface area contributed by atoms with E-state index in [1.165, 1.54) is 0 Å². The Morgan fingerprint density at radius 1 is 0.556 bits per heavy atom. The van der Waals surface area contributed by atoms with E-state index in [0.29, 0.717) is 64.0 Å². The summed E-state index contributed by atoms with van der Waals surface area (Å²) in [4.78, 5) is 28.3. The average molecular weight is 493 g/mol. The molecule has 192 valence electrons. The molecule has 1 aliphatic rings. The fourth-order valence-electron chi connectivity index (χ4n) is 3.47. The summed E-state index contributed by atoms with van der Waals surface area (Å²) in [7, 11) is 0. The summed E-state index contributed by atoms with van der Waals surface area (Å²) in [6, 6.07) is 7.52. The topological polar surface area (TPSA) is 146 Å². The normalized spacial score (nSPS) is 15.1. The van der Waals surface area contributed by atoms with Crippen LogP contribution in [-0.4, -0.2) is 85.3 Å². The number of hydrogen-bond donors (Lipinski definition) is 2. The predicted octanol–water partition coefficient (Wildman–Crippen LogP) is 2.10. The lowest BCUT2D eigenvalue weighted by atomic mass is 10.2. The Bertz CT molecular complexity index is 1000. The van der Waals surface area contributed by atoms with Gasteiger partial charge < -0.3 is 20.9 Å². The molecule has 2 aromatic heterocycles. The lowest BCUT2D eigenvalue weighted by molar-refractivity contribution is 0.327. The van der Waals surface area contributed by atoms with Gasteiger partial charge in [0.15, 0.2) is 0 Å². The van der Waals surface area contributed by atoms with Gasteiger partial charge in [-0.25, -0.2) is 9.97 Å². The van der Waals surface area contributed by atoms with Crippen molar-refractivity contribution < 1.29 is 9.47 Å². The molecule has 4 N–H and O–H groups in total. The molecule has 0 saturated heterocycles. The van der Waals surface area contributed by atoms with Crippen LogP contribution in [-0.2, 0) is 0 Å². The van der Waals surface area contributed by atoms with E-state index < -0.39 is 0 Å². The lowest BCUT2D eigenvalue weighted by Crippen LogP contribution is -2.14. The third-order valence-electron chi connectivity index (χ3n) is 5.45. The highest BCUT2D eigenvalue weighted by molar-refractivity contribution is 6.02. The number of aromatic nitrogens is 2. The number of fused-ring (bicyclic) bond motifs is 4. The number of ether oxygens (including phenoxy) is 2. The van der Waals surface area contributed by atoms with E-state index in [1.807, 2.05) is 52.0 Å². The summed E-state index contributed by atoms with van der Waals surface area (Å²) in [5, 5.41) is 0. The van der Waals surface area contributed by atoms with Crippen molar-refractivity contribution in [2.75, 3.05) is 52.5 Å². The molecular weight excluding hydrogens is 456 g/mol. The summed E-state index contributed by atoms with van der Waals surface area (Å²) < 4.78 is 11.6. The van der Waals surface area contributed by atoms with E-state index >= 15 is 0 Å². The molecule has 0 spiro atoms.